The van der Waals surface area contributed by atoms with E-state index >= 15 is 0 Å². The van der Waals surface area contributed by atoms with Crippen LogP contribution in [0.1, 0.15) is 36.7 Å². The third-order valence-electron chi connectivity index (χ3n) is 2.98. The van der Waals surface area contributed by atoms with Crippen LogP contribution in [0.15, 0.2) is 41.4 Å². The molecule has 2 aromatic rings. The SMILES string of the molecule is CC(C)(C)N=C1OC(=O)c2cccc3cccc1c23. The van der Waals surface area contributed by atoms with Crippen LogP contribution in [-0.2, 0) is 4.74 Å². The molecule has 0 amide bonds. The van der Waals surface area contributed by atoms with Crippen molar-refractivity contribution in [1.29, 1.82) is 0 Å². The Bertz CT molecular complexity index is 703. The van der Waals surface area contributed by atoms with Crippen molar-refractivity contribution in [2.45, 2.75) is 26.3 Å². The Balaban J connectivity index is 2.35. The molecule has 0 atom stereocenters. The Hall–Kier alpha value is -2.16. The quantitative estimate of drug-likeness (QED) is 0.673. The first-order chi connectivity index (χ1) is 8.96. The number of hydrogen-bond acceptors (Lipinski definition) is 3. The monoisotopic (exact) mass is 253 g/mol. The summed E-state index contributed by atoms with van der Waals surface area (Å²) < 4.78 is 5.39. The molecule has 19 heavy (non-hydrogen) atoms. The van der Waals surface area contributed by atoms with E-state index in [1.807, 2.05) is 51.1 Å². The molecule has 0 aliphatic carbocycles. The van der Waals surface area contributed by atoms with Gasteiger partial charge in [-0.05, 0) is 38.3 Å². The standard InChI is InChI=1S/C16H15NO2/c1-16(2,3)17-14-11-8-4-6-10-7-5-9-12(13(10)11)15(18)19-14/h4-9H,1-3H3. The number of benzene rings is 2. The van der Waals surface area contributed by atoms with Crippen LogP contribution >= 0.6 is 0 Å². The van der Waals surface area contributed by atoms with Gasteiger partial charge < -0.3 is 4.74 Å². The van der Waals surface area contributed by atoms with Gasteiger partial charge in [-0.2, -0.15) is 0 Å². The third-order valence-corrected chi connectivity index (χ3v) is 2.98. The molecule has 0 spiro atoms. The smallest absolute Gasteiger partial charge is 0.345 e. The highest BCUT2D eigenvalue weighted by molar-refractivity contribution is 6.22. The average molecular weight is 253 g/mol. The van der Waals surface area contributed by atoms with Crippen molar-refractivity contribution in [1.82, 2.24) is 0 Å². The highest BCUT2D eigenvalue weighted by Crippen LogP contribution is 2.29. The zero-order valence-corrected chi connectivity index (χ0v) is 11.2. The molecule has 3 nitrogen and oxygen atoms in total. The van der Waals surface area contributed by atoms with Gasteiger partial charge in [0.05, 0.1) is 11.1 Å². The van der Waals surface area contributed by atoms with E-state index in [-0.39, 0.29) is 11.5 Å². The van der Waals surface area contributed by atoms with E-state index in [9.17, 15) is 4.79 Å². The van der Waals surface area contributed by atoms with E-state index in [2.05, 4.69) is 4.99 Å². The maximum absolute atomic E-state index is 12.1. The first-order valence-corrected chi connectivity index (χ1v) is 6.30. The molecule has 0 saturated carbocycles. The van der Waals surface area contributed by atoms with Gasteiger partial charge in [0.15, 0.2) is 0 Å². The molecule has 0 N–H and O–H groups in total. The van der Waals surface area contributed by atoms with Crippen molar-refractivity contribution in [2.75, 3.05) is 0 Å². The summed E-state index contributed by atoms with van der Waals surface area (Å²) in [6.07, 6.45) is 0. The van der Waals surface area contributed by atoms with Gasteiger partial charge in [-0.1, -0.05) is 24.3 Å². The molecule has 1 heterocycles. The van der Waals surface area contributed by atoms with Crippen molar-refractivity contribution < 1.29 is 9.53 Å². The third kappa shape index (κ3) is 2.01. The highest BCUT2D eigenvalue weighted by Gasteiger charge is 2.26. The number of aliphatic imine (C=N–C) groups is 1. The van der Waals surface area contributed by atoms with E-state index in [0.29, 0.717) is 11.5 Å². The summed E-state index contributed by atoms with van der Waals surface area (Å²) in [6, 6.07) is 11.6. The molecule has 1 aliphatic rings. The summed E-state index contributed by atoms with van der Waals surface area (Å²) in [5.74, 6) is 0.0918. The molecule has 0 fully saturated rings. The second-order valence-corrected chi connectivity index (χ2v) is 5.69. The number of carbonyl (C=O) groups is 1. The summed E-state index contributed by atoms with van der Waals surface area (Å²) >= 11 is 0. The van der Waals surface area contributed by atoms with Gasteiger partial charge in [-0.25, -0.2) is 9.79 Å². The lowest BCUT2D eigenvalue weighted by molar-refractivity contribution is 0.0714. The zero-order valence-electron chi connectivity index (χ0n) is 11.2. The molecule has 0 bridgehead atoms. The number of ether oxygens (including phenoxy) is 1. The Morgan fingerprint density at radius 2 is 1.63 bits per heavy atom. The van der Waals surface area contributed by atoms with Crippen LogP contribution in [0.25, 0.3) is 10.8 Å². The minimum Gasteiger partial charge on any atom is -0.404 e. The molecule has 1 aliphatic heterocycles. The molecular weight excluding hydrogens is 238 g/mol. The molecule has 0 radical (unpaired) electrons. The van der Waals surface area contributed by atoms with Crippen molar-refractivity contribution in [2.24, 2.45) is 4.99 Å². The van der Waals surface area contributed by atoms with Crippen LogP contribution in [0, 0.1) is 0 Å². The fourth-order valence-electron chi connectivity index (χ4n) is 2.27. The largest absolute Gasteiger partial charge is 0.404 e. The molecule has 2 aromatic carbocycles. The van der Waals surface area contributed by atoms with Crippen LogP contribution in [0.2, 0.25) is 0 Å². The fraction of sp³-hybridized carbons (Fsp3) is 0.250. The second-order valence-electron chi connectivity index (χ2n) is 5.69. The number of cyclic esters (lactones) is 1. The van der Waals surface area contributed by atoms with Crippen LogP contribution in [0.5, 0.6) is 0 Å². The number of rotatable bonds is 0. The van der Waals surface area contributed by atoms with Crippen LogP contribution in [-0.4, -0.2) is 17.4 Å². The first-order valence-electron chi connectivity index (χ1n) is 6.30. The normalized spacial score (nSPS) is 16.8. The molecule has 0 aromatic heterocycles. The Morgan fingerprint density at radius 1 is 1.00 bits per heavy atom. The lowest BCUT2D eigenvalue weighted by Gasteiger charge is -2.21. The van der Waals surface area contributed by atoms with Crippen molar-refractivity contribution >= 4 is 22.6 Å². The Kier molecular flexibility index (Phi) is 2.45. The number of esters is 1. The van der Waals surface area contributed by atoms with Crippen LogP contribution in [0.4, 0.5) is 0 Å². The van der Waals surface area contributed by atoms with Gasteiger partial charge in [0.25, 0.3) is 0 Å². The minimum absolute atomic E-state index is 0.288. The van der Waals surface area contributed by atoms with Crippen LogP contribution < -0.4 is 0 Å². The Labute approximate surface area is 111 Å². The maximum atomic E-state index is 12.1. The molecule has 3 heteroatoms. The first kappa shape index (κ1) is 11.9. The Morgan fingerprint density at radius 3 is 2.26 bits per heavy atom. The van der Waals surface area contributed by atoms with Gasteiger partial charge in [-0.3, -0.25) is 0 Å². The van der Waals surface area contributed by atoms with Gasteiger partial charge >= 0.3 is 5.97 Å². The van der Waals surface area contributed by atoms with E-state index < -0.39 is 0 Å². The zero-order chi connectivity index (χ0) is 13.6. The molecule has 3 rings (SSSR count). The summed E-state index contributed by atoms with van der Waals surface area (Å²) in [5.41, 5.74) is 1.22. The molecular formula is C16H15NO2. The summed E-state index contributed by atoms with van der Waals surface area (Å²) in [6.45, 7) is 5.94. The fourth-order valence-corrected chi connectivity index (χ4v) is 2.27. The van der Waals surface area contributed by atoms with E-state index in [4.69, 9.17) is 4.74 Å². The van der Waals surface area contributed by atoms with Gasteiger partial charge in [-0.15, -0.1) is 0 Å². The molecule has 0 saturated heterocycles. The minimum atomic E-state index is -0.327. The van der Waals surface area contributed by atoms with Crippen molar-refractivity contribution in [3.8, 4) is 0 Å². The van der Waals surface area contributed by atoms with E-state index in [1.165, 1.54) is 0 Å². The van der Waals surface area contributed by atoms with Gasteiger partial charge in [0, 0.05) is 10.9 Å². The van der Waals surface area contributed by atoms with E-state index in [0.717, 1.165) is 16.3 Å². The highest BCUT2D eigenvalue weighted by atomic mass is 16.5. The predicted molar refractivity (Wildman–Crippen MR) is 75.7 cm³/mol. The van der Waals surface area contributed by atoms with Crippen molar-refractivity contribution in [3.05, 3.63) is 47.5 Å². The number of nitrogens with zero attached hydrogens (tertiary/aromatic N) is 1. The summed E-state index contributed by atoms with van der Waals surface area (Å²) in [5, 5.41) is 1.97. The summed E-state index contributed by atoms with van der Waals surface area (Å²) in [7, 11) is 0. The summed E-state index contributed by atoms with van der Waals surface area (Å²) in [4.78, 5) is 16.6. The second kappa shape index (κ2) is 3.92. The van der Waals surface area contributed by atoms with E-state index in [1.54, 1.807) is 6.07 Å². The van der Waals surface area contributed by atoms with Crippen molar-refractivity contribution in [3.63, 3.8) is 0 Å². The van der Waals surface area contributed by atoms with Crippen LogP contribution in [0.3, 0.4) is 0 Å². The lowest BCUT2D eigenvalue weighted by Crippen LogP contribution is -2.24. The number of carbonyl (C=O) groups excluding carboxylic acids is 1. The average Bonchev–Trinajstić information content (AvgIpc) is 2.33. The van der Waals surface area contributed by atoms with Gasteiger partial charge in [0.1, 0.15) is 0 Å². The van der Waals surface area contributed by atoms with Gasteiger partial charge in [0.2, 0.25) is 5.90 Å². The predicted octanol–water partition coefficient (Wildman–Crippen LogP) is 3.56. The maximum Gasteiger partial charge on any atom is 0.345 e. The topological polar surface area (TPSA) is 38.7 Å². The molecule has 96 valence electrons. The number of hydrogen-bond donors (Lipinski definition) is 0. The lowest BCUT2D eigenvalue weighted by atomic mass is 9.97. The molecule has 0 unspecified atom stereocenters.